The second-order valence-electron chi connectivity index (χ2n) is 4.39. The summed E-state index contributed by atoms with van der Waals surface area (Å²) < 4.78 is 26.2. The lowest BCUT2D eigenvalue weighted by Gasteiger charge is -2.16. The fourth-order valence-corrected chi connectivity index (χ4v) is 3.89. The minimum atomic E-state index is -3.53. The van der Waals surface area contributed by atoms with E-state index in [2.05, 4.69) is 5.32 Å². The van der Waals surface area contributed by atoms with E-state index in [0.717, 1.165) is 6.42 Å². The van der Waals surface area contributed by atoms with Gasteiger partial charge in [-0.15, -0.1) is 0 Å². The average molecular weight is 300 g/mol. The fraction of sp³-hybridized carbons (Fsp3) is 0.417. The Bertz CT molecular complexity index is 624. The summed E-state index contributed by atoms with van der Waals surface area (Å²) in [6.45, 7) is 0.946. The maximum atomic E-state index is 12.4. The molecule has 1 saturated heterocycles. The molecule has 1 atom stereocenters. The van der Waals surface area contributed by atoms with E-state index in [4.69, 9.17) is 16.9 Å². The number of likely N-dealkylation sites (N-methyl/N-ethyl adjacent to an activating group) is 1. The van der Waals surface area contributed by atoms with E-state index in [1.54, 1.807) is 0 Å². The molecule has 1 N–H and O–H groups in total. The van der Waals surface area contributed by atoms with E-state index in [1.807, 2.05) is 13.1 Å². The smallest absolute Gasteiger partial charge is 0.243 e. The van der Waals surface area contributed by atoms with Crippen molar-refractivity contribution < 1.29 is 8.42 Å². The second-order valence-corrected chi connectivity index (χ2v) is 6.74. The molecule has 0 saturated carbocycles. The Morgan fingerprint density at radius 3 is 2.79 bits per heavy atom. The molecule has 1 aliphatic heterocycles. The third kappa shape index (κ3) is 2.74. The molecule has 1 heterocycles. The molecule has 0 aliphatic carbocycles. The predicted molar refractivity (Wildman–Crippen MR) is 72.4 cm³/mol. The van der Waals surface area contributed by atoms with Gasteiger partial charge in [-0.1, -0.05) is 11.6 Å². The molecule has 0 amide bonds. The van der Waals surface area contributed by atoms with Crippen LogP contribution in [-0.2, 0) is 10.0 Å². The third-order valence-corrected chi connectivity index (χ3v) is 5.43. The maximum absolute atomic E-state index is 12.4. The summed E-state index contributed by atoms with van der Waals surface area (Å²) in [6, 6.07) is 6.28. The number of hydrogen-bond donors (Lipinski definition) is 1. The van der Waals surface area contributed by atoms with Crippen LogP contribution >= 0.6 is 11.6 Å². The van der Waals surface area contributed by atoms with E-state index < -0.39 is 10.0 Å². The quantitative estimate of drug-likeness (QED) is 0.910. The number of benzene rings is 1. The van der Waals surface area contributed by atoms with Gasteiger partial charge < -0.3 is 5.32 Å². The van der Waals surface area contributed by atoms with Crippen molar-refractivity contribution in [2.75, 3.05) is 20.1 Å². The number of nitrogens with zero attached hydrogens (tertiary/aromatic N) is 2. The first-order chi connectivity index (χ1) is 8.98. The molecule has 102 valence electrons. The van der Waals surface area contributed by atoms with Crippen LogP contribution in [0.1, 0.15) is 12.0 Å². The van der Waals surface area contributed by atoms with Crippen molar-refractivity contribution in [3.05, 3.63) is 28.8 Å². The van der Waals surface area contributed by atoms with Crippen LogP contribution in [0, 0.1) is 11.3 Å². The normalized spacial score (nSPS) is 20.4. The Labute approximate surface area is 117 Å². The molecule has 1 unspecified atom stereocenters. The molecule has 1 aromatic rings. The van der Waals surface area contributed by atoms with Crippen molar-refractivity contribution in [1.82, 2.24) is 9.62 Å². The highest BCUT2D eigenvalue weighted by Crippen LogP contribution is 2.25. The lowest BCUT2D eigenvalue weighted by molar-refractivity contribution is 0.464. The van der Waals surface area contributed by atoms with Gasteiger partial charge in [0.05, 0.1) is 15.5 Å². The summed E-state index contributed by atoms with van der Waals surface area (Å²) in [7, 11) is -1.71. The van der Waals surface area contributed by atoms with Crippen molar-refractivity contribution in [1.29, 1.82) is 5.26 Å². The number of halogens is 1. The van der Waals surface area contributed by atoms with Crippen molar-refractivity contribution in [2.45, 2.75) is 17.4 Å². The van der Waals surface area contributed by atoms with Crippen LogP contribution in [0.15, 0.2) is 23.1 Å². The summed E-state index contributed by atoms with van der Waals surface area (Å²) in [5, 5.41) is 12.0. The highest BCUT2D eigenvalue weighted by Gasteiger charge is 2.32. The monoisotopic (exact) mass is 299 g/mol. The lowest BCUT2D eigenvalue weighted by atomic mass is 10.2. The molecule has 5 nitrogen and oxygen atoms in total. The van der Waals surface area contributed by atoms with E-state index >= 15 is 0 Å². The Kier molecular flexibility index (Phi) is 4.11. The highest BCUT2D eigenvalue weighted by molar-refractivity contribution is 7.89. The van der Waals surface area contributed by atoms with E-state index in [9.17, 15) is 8.42 Å². The molecule has 19 heavy (non-hydrogen) atoms. The zero-order valence-electron chi connectivity index (χ0n) is 10.4. The van der Waals surface area contributed by atoms with Crippen LogP contribution < -0.4 is 5.32 Å². The number of sulfonamides is 1. The van der Waals surface area contributed by atoms with Gasteiger partial charge in [-0.05, 0) is 31.7 Å². The molecule has 1 fully saturated rings. The molecule has 0 aromatic heterocycles. The van der Waals surface area contributed by atoms with Gasteiger partial charge >= 0.3 is 0 Å². The lowest BCUT2D eigenvalue weighted by Crippen LogP contribution is -2.33. The SMILES string of the molecule is CNC1CCN(S(=O)(=O)c2ccc(C#N)c(Cl)c2)C1. The number of hydrogen-bond acceptors (Lipinski definition) is 4. The number of nitriles is 1. The summed E-state index contributed by atoms with van der Waals surface area (Å²) in [5.41, 5.74) is 0.273. The van der Waals surface area contributed by atoms with Crippen LogP contribution in [0.4, 0.5) is 0 Å². The molecule has 1 aliphatic rings. The molecule has 1 aromatic carbocycles. The Balaban J connectivity index is 2.31. The summed E-state index contributed by atoms with van der Waals surface area (Å²) >= 11 is 5.88. The van der Waals surface area contributed by atoms with Gasteiger partial charge in [0.15, 0.2) is 0 Å². The molecule has 7 heteroatoms. The van der Waals surface area contributed by atoms with Crippen molar-refractivity contribution in [2.24, 2.45) is 0 Å². The van der Waals surface area contributed by atoms with Gasteiger partial charge in [-0.2, -0.15) is 9.57 Å². The minimum Gasteiger partial charge on any atom is -0.316 e. The van der Waals surface area contributed by atoms with Crippen LogP contribution in [0.2, 0.25) is 5.02 Å². The van der Waals surface area contributed by atoms with Crippen molar-refractivity contribution in [3.8, 4) is 6.07 Å². The first-order valence-corrected chi connectivity index (χ1v) is 7.68. The molecule has 0 bridgehead atoms. The first-order valence-electron chi connectivity index (χ1n) is 5.86. The van der Waals surface area contributed by atoms with E-state index in [1.165, 1.54) is 22.5 Å². The van der Waals surface area contributed by atoms with Crippen LogP contribution in [0.5, 0.6) is 0 Å². The van der Waals surface area contributed by atoms with Gasteiger partial charge in [0.2, 0.25) is 10.0 Å². The Morgan fingerprint density at radius 2 is 2.26 bits per heavy atom. The standard InChI is InChI=1S/C12H14ClN3O2S/c1-15-10-4-5-16(8-10)19(17,18)11-3-2-9(7-14)12(13)6-11/h2-3,6,10,15H,4-5,8H2,1H3. The number of rotatable bonds is 3. The molecular weight excluding hydrogens is 286 g/mol. The molecule has 2 rings (SSSR count). The Morgan fingerprint density at radius 1 is 1.53 bits per heavy atom. The summed E-state index contributed by atoms with van der Waals surface area (Å²) in [5.74, 6) is 0. The largest absolute Gasteiger partial charge is 0.316 e. The van der Waals surface area contributed by atoms with Gasteiger partial charge in [0.1, 0.15) is 6.07 Å². The van der Waals surface area contributed by atoms with Crippen molar-refractivity contribution >= 4 is 21.6 Å². The fourth-order valence-electron chi connectivity index (χ4n) is 2.08. The highest BCUT2D eigenvalue weighted by atomic mass is 35.5. The van der Waals surface area contributed by atoms with Crippen molar-refractivity contribution in [3.63, 3.8) is 0 Å². The second kappa shape index (κ2) is 5.47. The zero-order valence-corrected chi connectivity index (χ0v) is 12.0. The summed E-state index contributed by atoms with van der Waals surface area (Å²) in [6.07, 6.45) is 0.791. The van der Waals surface area contributed by atoms with Gasteiger partial charge in [-0.3, -0.25) is 0 Å². The topological polar surface area (TPSA) is 73.2 Å². The maximum Gasteiger partial charge on any atom is 0.243 e. The van der Waals surface area contributed by atoms with Gasteiger partial charge in [0.25, 0.3) is 0 Å². The predicted octanol–water partition coefficient (Wildman–Crippen LogP) is 1.19. The molecule has 0 radical (unpaired) electrons. The minimum absolute atomic E-state index is 0.133. The van der Waals surface area contributed by atoms with Gasteiger partial charge in [0, 0.05) is 19.1 Å². The molecular formula is C12H14ClN3O2S. The van der Waals surface area contributed by atoms with E-state index in [0.29, 0.717) is 13.1 Å². The van der Waals surface area contributed by atoms with Gasteiger partial charge in [-0.25, -0.2) is 8.42 Å². The number of nitrogens with one attached hydrogen (secondary N) is 1. The van der Waals surface area contributed by atoms with Crippen LogP contribution in [-0.4, -0.2) is 38.9 Å². The van der Waals surface area contributed by atoms with E-state index in [-0.39, 0.29) is 21.5 Å². The van der Waals surface area contributed by atoms with Crippen LogP contribution in [0.3, 0.4) is 0 Å². The zero-order chi connectivity index (χ0) is 14.0. The molecule has 0 spiro atoms. The summed E-state index contributed by atoms with van der Waals surface area (Å²) in [4.78, 5) is 0.133. The third-order valence-electron chi connectivity index (χ3n) is 3.26. The van der Waals surface area contributed by atoms with Crippen LogP contribution in [0.25, 0.3) is 0 Å². The average Bonchev–Trinajstić information content (AvgIpc) is 2.88. The first kappa shape index (κ1) is 14.3. The Hall–Kier alpha value is -1.13.